The molecule has 0 aliphatic carbocycles. The van der Waals surface area contributed by atoms with Crippen LogP contribution in [0.2, 0.25) is 0 Å². The fourth-order valence-corrected chi connectivity index (χ4v) is 4.71. The minimum atomic E-state index is 0.0367. The number of carbonyl (C=O) groups is 1. The van der Waals surface area contributed by atoms with Crippen LogP contribution in [0.25, 0.3) is 0 Å². The van der Waals surface area contributed by atoms with Gasteiger partial charge in [0.05, 0.1) is 18.0 Å². The molecule has 0 radical (unpaired) electrons. The van der Waals surface area contributed by atoms with E-state index < -0.39 is 0 Å². The first kappa shape index (κ1) is 21.3. The van der Waals surface area contributed by atoms with Gasteiger partial charge in [0, 0.05) is 11.3 Å². The van der Waals surface area contributed by atoms with Crippen molar-refractivity contribution < 1.29 is 9.53 Å². The van der Waals surface area contributed by atoms with Crippen LogP contribution in [0, 0.1) is 6.92 Å². The summed E-state index contributed by atoms with van der Waals surface area (Å²) >= 11 is 1.44. The Kier molecular flexibility index (Phi) is 6.13. The average Bonchev–Trinajstić information content (AvgIpc) is 2.87. The number of hydrogen-bond acceptors (Lipinski definition) is 6. The van der Waals surface area contributed by atoms with Crippen LogP contribution in [0.1, 0.15) is 11.1 Å². The lowest BCUT2D eigenvalue weighted by Crippen LogP contribution is -2.40. The second kappa shape index (κ2) is 9.50. The molecule has 3 aromatic rings. The molecule has 0 fully saturated rings. The number of benzene rings is 3. The van der Waals surface area contributed by atoms with Crippen LogP contribution in [-0.2, 0) is 4.79 Å². The molecule has 7 heteroatoms. The van der Waals surface area contributed by atoms with Gasteiger partial charge in [0.25, 0.3) is 0 Å². The molecule has 0 saturated heterocycles. The third kappa shape index (κ3) is 4.64. The van der Waals surface area contributed by atoms with Crippen molar-refractivity contribution in [1.82, 2.24) is 0 Å². The number of carbonyl (C=O) groups excluding carboxylic acids is 1. The SMILES string of the molecule is Cc1ccc2c(c1)N(C(=O)CSC1=NC(c3ccccc3)=NCN1c1ccccc1)CCO2. The summed E-state index contributed by atoms with van der Waals surface area (Å²) in [6.45, 7) is 3.51. The second-order valence-electron chi connectivity index (χ2n) is 7.80. The van der Waals surface area contributed by atoms with Crippen LogP contribution in [0.5, 0.6) is 5.75 Å². The number of fused-ring (bicyclic) bond motifs is 1. The first-order valence-corrected chi connectivity index (χ1v) is 11.9. The van der Waals surface area contributed by atoms with Gasteiger partial charge < -0.3 is 14.5 Å². The lowest BCUT2D eigenvalue weighted by Gasteiger charge is -2.31. The van der Waals surface area contributed by atoms with E-state index in [1.165, 1.54) is 11.8 Å². The highest BCUT2D eigenvalue weighted by Gasteiger charge is 2.26. The van der Waals surface area contributed by atoms with Crippen molar-refractivity contribution in [2.75, 3.05) is 35.4 Å². The molecule has 6 nitrogen and oxygen atoms in total. The standard InChI is InChI=1S/C26H24N4O2S/c1-19-12-13-23-22(16-19)29(14-15-32-23)24(31)17-33-26-28-25(20-8-4-2-5-9-20)27-18-30(26)21-10-6-3-7-11-21/h2-13,16H,14-15,17-18H2,1H3. The molecule has 166 valence electrons. The van der Waals surface area contributed by atoms with Crippen molar-refractivity contribution in [3.05, 3.63) is 90.0 Å². The second-order valence-corrected chi connectivity index (χ2v) is 8.74. The molecule has 2 aliphatic rings. The number of hydrogen-bond donors (Lipinski definition) is 0. The molecule has 0 saturated carbocycles. The lowest BCUT2D eigenvalue weighted by atomic mass is 10.1. The quantitative estimate of drug-likeness (QED) is 0.569. The average molecular weight is 457 g/mol. The van der Waals surface area contributed by atoms with Crippen LogP contribution in [0.4, 0.5) is 11.4 Å². The monoisotopic (exact) mass is 456 g/mol. The van der Waals surface area contributed by atoms with Crippen LogP contribution < -0.4 is 14.5 Å². The summed E-state index contributed by atoms with van der Waals surface area (Å²) in [6, 6.07) is 25.9. The van der Waals surface area contributed by atoms with Crippen molar-refractivity contribution in [3.63, 3.8) is 0 Å². The summed E-state index contributed by atoms with van der Waals surface area (Å²) in [4.78, 5) is 26.7. The number of aryl methyl sites for hydroxylation is 1. The Hall–Kier alpha value is -3.58. The Labute approximate surface area is 197 Å². The van der Waals surface area contributed by atoms with E-state index >= 15 is 0 Å². The zero-order valence-electron chi connectivity index (χ0n) is 18.3. The van der Waals surface area contributed by atoms with Crippen molar-refractivity contribution in [2.24, 2.45) is 9.98 Å². The van der Waals surface area contributed by atoms with E-state index in [2.05, 4.69) is 0 Å². The van der Waals surface area contributed by atoms with E-state index in [1.807, 2.05) is 95.6 Å². The molecule has 5 rings (SSSR count). The number of amides is 1. The first-order chi connectivity index (χ1) is 16.2. The summed E-state index contributed by atoms with van der Waals surface area (Å²) in [5.74, 6) is 1.75. The summed E-state index contributed by atoms with van der Waals surface area (Å²) in [5.41, 5.74) is 3.90. The van der Waals surface area contributed by atoms with Gasteiger partial charge in [0.2, 0.25) is 5.91 Å². The number of para-hydroxylation sites is 1. The Morgan fingerprint density at radius 2 is 1.79 bits per heavy atom. The normalized spacial score (nSPS) is 15.3. The molecular weight excluding hydrogens is 432 g/mol. The van der Waals surface area contributed by atoms with Crippen LogP contribution in [-0.4, -0.2) is 42.5 Å². The fourth-order valence-electron chi connectivity index (χ4n) is 3.83. The Morgan fingerprint density at radius 3 is 2.58 bits per heavy atom. The lowest BCUT2D eigenvalue weighted by molar-refractivity contribution is -0.116. The molecule has 3 aromatic carbocycles. The number of nitrogens with zero attached hydrogens (tertiary/aromatic N) is 4. The molecule has 0 unspecified atom stereocenters. The maximum absolute atomic E-state index is 13.3. The van der Waals surface area contributed by atoms with Crippen molar-refractivity contribution in [1.29, 1.82) is 0 Å². The van der Waals surface area contributed by atoms with Gasteiger partial charge in [-0.25, -0.2) is 9.98 Å². The van der Waals surface area contributed by atoms with E-state index in [9.17, 15) is 4.79 Å². The maximum atomic E-state index is 13.3. The van der Waals surface area contributed by atoms with Crippen LogP contribution >= 0.6 is 11.8 Å². The molecule has 0 N–H and O–H groups in total. The molecule has 0 atom stereocenters. The van der Waals surface area contributed by atoms with E-state index in [4.69, 9.17) is 14.7 Å². The van der Waals surface area contributed by atoms with Crippen LogP contribution in [0.15, 0.2) is 88.8 Å². The zero-order chi connectivity index (χ0) is 22.6. The predicted octanol–water partition coefficient (Wildman–Crippen LogP) is 4.73. The molecule has 0 bridgehead atoms. The van der Waals surface area contributed by atoms with Gasteiger partial charge in [-0.1, -0.05) is 66.4 Å². The van der Waals surface area contributed by atoms with E-state index in [0.717, 1.165) is 33.4 Å². The predicted molar refractivity (Wildman–Crippen MR) is 136 cm³/mol. The van der Waals surface area contributed by atoms with Gasteiger partial charge in [-0.2, -0.15) is 0 Å². The maximum Gasteiger partial charge on any atom is 0.237 e. The number of anilines is 2. The van der Waals surface area contributed by atoms with Gasteiger partial charge in [-0.3, -0.25) is 4.79 Å². The number of rotatable bonds is 4. The third-order valence-electron chi connectivity index (χ3n) is 5.50. The Bertz CT molecular complexity index is 1210. The zero-order valence-corrected chi connectivity index (χ0v) is 19.2. The number of ether oxygens (including phenoxy) is 1. The smallest absolute Gasteiger partial charge is 0.237 e. The van der Waals surface area contributed by atoms with E-state index in [0.29, 0.717) is 25.7 Å². The van der Waals surface area contributed by atoms with Crippen molar-refractivity contribution >= 4 is 40.0 Å². The molecular formula is C26H24N4O2S. The molecule has 0 aromatic heterocycles. The highest BCUT2D eigenvalue weighted by atomic mass is 32.2. The van der Waals surface area contributed by atoms with Crippen molar-refractivity contribution in [2.45, 2.75) is 6.92 Å². The van der Waals surface area contributed by atoms with Gasteiger partial charge in [0.1, 0.15) is 19.0 Å². The molecule has 2 aliphatic heterocycles. The molecule has 1 amide bonds. The summed E-state index contributed by atoms with van der Waals surface area (Å²) < 4.78 is 5.74. The first-order valence-electron chi connectivity index (χ1n) is 10.9. The van der Waals surface area contributed by atoms with Crippen LogP contribution in [0.3, 0.4) is 0 Å². The largest absolute Gasteiger partial charge is 0.490 e. The fraction of sp³-hybridized carbons (Fsp3) is 0.192. The number of aliphatic imine (C=N–C) groups is 2. The topological polar surface area (TPSA) is 57.5 Å². The minimum Gasteiger partial charge on any atom is -0.490 e. The minimum absolute atomic E-state index is 0.0367. The molecule has 0 spiro atoms. The highest BCUT2D eigenvalue weighted by molar-refractivity contribution is 8.14. The van der Waals surface area contributed by atoms with E-state index in [-0.39, 0.29) is 11.7 Å². The van der Waals surface area contributed by atoms with Crippen molar-refractivity contribution in [3.8, 4) is 5.75 Å². The van der Waals surface area contributed by atoms with Gasteiger partial charge >= 0.3 is 0 Å². The summed E-state index contributed by atoms with van der Waals surface area (Å²) in [5, 5.41) is 0.765. The Morgan fingerprint density at radius 1 is 1.03 bits per heavy atom. The Balaban J connectivity index is 1.38. The highest BCUT2D eigenvalue weighted by Crippen LogP contribution is 2.33. The number of thioether (sulfide) groups is 1. The molecule has 33 heavy (non-hydrogen) atoms. The third-order valence-corrected chi connectivity index (χ3v) is 6.46. The summed E-state index contributed by atoms with van der Waals surface area (Å²) in [6.07, 6.45) is 0. The van der Waals surface area contributed by atoms with Gasteiger partial charge in [0.15, 0.2) is 11.0 Å². The van der Waals surface area contributed by atoms with Gasteiger partial charge in [-0.15, -0.1) is 0 Å². The molecule has 2 heterocycles. The van der Waals surface area contributed by atoms with Gasteiger partial charge in [-0.05, 0) is 36.8 Å². The number of amidine groups is 2. The van der Waals surface area contributed by atoms with E-state index in [1.54, 1.807) is 0 Å². The summed E-state index contributed by atoms with van der Waals surface area (Å²) in [7, 11) is 0.